The molecule has 1 aliphatic carbocycles. The van der Waals surface area contributed by atoms with Gasteiger partial charge in [0.1, 0.15) is 5.82 Å². The Bertz CT molecular complexity index is 524. The summed E-state index contributed by atoms with van der Waals surface area (Å²) in [6.07, 6.45) is 1.56. The fourth-order valence-corrected chi connectivity index (χ4v) is 2.94. The molecular formula is C15H23N3O2. The maximum Gasteiger partial charge on any atom is 0.340 e. The number of hydrogen-bond acceptors (Lipinski definition) is 5. The van der Waals surface area contributed by atoms with Crippen LogP contribution in [0.1, 0.15) is 38.1 Å². The number of nitrogens with two attached hydrogens (primary N) is 1. The number of pyridine rings is 1. The SMILES string of the molecule is COC(=O)c1ccnc(NCC2C(C)(C)C2(C)C)c1N. The number of carbonyl (C=O) groups excluding carboxylic acids is 1. The van der Waals surface area contributed by atoms with Crippen LogP contribution in [0.2, 0.25) is 0 Å². The minimum absolute atomic E-state index is 0.300. The minimum Gasteiger partial charge on any atom is -0.465 e. The summed E-state index contributed by atoms with van der Waals surface area (Å²) in [5.41, 5.74) is 7.27. The van der Waals surface area contributed by atoms with Crippen molar-refractivity contribution in [1.29, 1.82) is 0 Å². The van der Waals surface area contributed by atoms with Crippen LogP contribution in [0.25, 0.3) is 0 Å². The lowest BCUT2D eigenvalue weighted by Crippen LogP contribution is -2.14. The van der Waals surface area contributed by atoms with Gasteiger partial charge >= 0.3 is 5.97 Å². The molecule has 1 aromatic rings. The van der Waals surface area contributed by atoms with Gasteiger partial charge in [-0.25, -0.2) is 9.78 Å². The fraction of sp³-hybridized carbons (Fsp3) is 0.600. The van der Waals surface area contributed by atoms with Crippen LogP contribution in [-0.4, -0.2) is 24.6 Å². The van der Waals surface area contributed by atoms with E-state index >= 15 is 0 Å². The highest BCUT2D eigenvalue weighted by Gasteiger charge is 2.64. The second kappa shape index (κ2) is 4.65. The summed E-state index contributed by atoms with van der Waals surface area (Å²) in [5.74, 6) is 0.657. The Labute approximate surface area is 119 Å². The zero-order valence-corrected chi connectivity index (χ0v) is 12.8. The Balaban J connectivity index is 2.10. The lowest BCUT2D eigenvalue weighted by Gasteiger charge is -2.11. The number of carbonyl (C=O) groups is 1. The number of aromatic nitrogens is 1. The van der Waals surface area contributed by atoms with E-state index in [1.807, 2.05) is 0 Å². The molecule has 5 heteroatoms. The highest BCUT2D eigenvalue weighted by Crippen LogP contribution is 2.68. The van der Waals surface area contributed by atoms with Crippen molar-refractivity contribution in [1.82, 2.24) is 4.98 Å². The van der Waals surface area contributed by atoms with Crippen molar-refractivity contribution < 1.29 is 9.53 Å². The zero-order chi connectivity index (χ0) is 15.1. The molecular weight excluding hydrogens is 254 g/mol. The first-order valence-electron chi connectivity index (χ1n) is 6.80. The van der Waals surface area contributed by atoms with E-state index in [1.54, 1.807) is 12.3 Å². The molecule has 0 aliphatic heterocycles. The Morgan fingerprint density at radius 1 is 1.40 bits per heavy atom. The van der Waals surface area contributed by atoms with Gasteiger partial charge in [-0.1, -0.05) is 27.7 Å². The van der Waals surface area contributed by atoms with Crippen molar-refractivity contribution in [2.24, 2.45) is 16.7 Å². The van der Waals surface area contributed by atoms with E-state index in [1.165, 1.54) is 7.11 Å². The summed E-state index contributed by atoms with van der Waals surface area (Å²) < 4.78 is 4.70. The van der Waals surface area contributed by atoms with Gasteiger partial charge in [0.2, 0.25) is 0 Å². The number of methoxy groups -OCH3 is 1. The van der Waals surface area contributed by atoms with Crippen LogP contribution >= 0.6 is 0 Å². The van der Waals surface area contributed by atoms with Gasteiger partial charge < -0.3 is 15.8 Å². The zero-order valence-electron chi connectivity index (χ0n) is 12.8. The van der Waals surface area contributed by atoms with Gasteiger partial charge in [0.05, 0.1) is 18.4 Å². The molecule has 3 N–H and O–H groups in total. The maximum absolute atomic E-state index is 11.6. The molecule has 1 fully saturated rings. The van der Waals surface area contributed by atoms with Crippen LogP contribution in [0.4, 0.5) is 11.5 Å². The summed E-state index contributed by atoms with van der Waals surface area (Å²) in [5, 5.41) is 3.26. The second-order valence-corrected chi connectivity index (χ2v) is 6.49. The van der Waals surface area contributed by atoms with E-state index in [2.05, 4.69) is 38.0 Å². The van der Waals surface area contributed by atoms with Gasteiger partial charge in [-0.3, -0.25) is 0 Å². The van der Waals surface area contributed by atoms with Gasteiger partial charge in [-0.2, -0.15) is 0 Å². The monoisotopic (exact) mass is 277 g/mol. The lowest BCUT2D eigenvalue weighted by atomic mass is 10.0. The van der Waals surface area contributed by atoms with Crippen LogP contribution < -0.4 is 11.1 Å². The molecule has 110 valence electrons. The van der Waals surface area contributed by atoms with Crippen molar-refractivity contribution >= 4 is 17.5 Å². The molecule has 1 aromatic heterocycles. The first-order valence-corrected chi connectivity index (χ1v) is 6.80. The Hall–Kier alpha value is -1.78. The number of nitrogen functional groups attached to an aromatic ring is 1. The molecule has 20 heavy (non-hydrogen) atoms. The predicted molar refractivity (Wildman–Crippen MR) is 79.5 cm³/mol. The van der Waals surface area contributed by atoms with Crippen molar-refractivity contribution in [2.75, 3.05) is 24.7 Å². The standard InChI is InChI=1S/C15H23N3O2/c1-14(2)10(15(14,3)4)8-18-12-11(16)9(6-7-17-12)13(19)20-5/h6-7,10H,8,16H2,1-5H3,(H,17,18). The predicted octanol–water partition coefficient (Wildman–Crippen LogP) is 2.54. The largest absolute Gasteiger partial charge is 0.465 e. The molecule has 0 saturated heterocycles. The van der Waals surface area contributed by atoms with Gasteiger partial charge in [0.25, 0.3) is 0 Å². The molecule has 2 rings (SSSR count). The number of nitrogens with zero attached hydrogens (tertiary/aromatic N) is 1. The van der Waals surface area contributed by atoms with Crippen LogP contribution in [0.5, 0.6) is 0 Å². The van der Waals surface area contributed by atoms with Crippen LogP contribution in [0.15, 0.2) is 12.3 Å². The van der Waals surface area contributed by atoms with E-state index in [0.717, 1.165) is 6.54 Å². The molecule has 0 aromatic carbocycles. The van der Waals surface area contributed by atoms with E-state index in [9.17, 15) is 4.79 Å². The van der Waals surface area contributed by atoms with Crippen molar-refractivity contribution in [2.45, 2.75) is 27.7 Å². The van der Waals surface area contributed by atoms with E-state index < -0.39 is 5.97 Å². The van der Waals surface area contributed by atoms with Crippen molar-refractivity contribution in [3.05, 3.63) is 17.8 Å². The summed E-state index contributed by atoms with van der Waals surface area (Å²) in [7, 11) is 1.34. The lowest BCUT2D eigenvalue weighted by molar-refractivity contribution is 0.0602. The summed E-state index contributed by atoms with van der Waals surface area (Å²) in [6, 6.07) is 1.57. The quantitative estimate of drug-likeness (QED) is 0.827. The average molecular weight is 277 g/mol. The number of esters is 1. The smallest absolute Gasteiger partial charge is 0.340 e. The molecule has 0 radical (unpaired) electrons. The Morgan fingerprint density at radius 2 is 2.00 bits per heavy atom. The van der Waals surface area contributed by atoms with Crippen LogP contribution in [0, 0.1) is 16.7 Å². The summed E-state index contributed by atoms with van der Waals surface area (Å²) in [6.45, 7) is 9.85. The molecule has 1 aliphatic rings. The molecule has 1 saturated carbocycles. The third-order valence-electron chi connectivity index (χ3n) is 5.19. The van der Waals surface area contributed by atoms with E-state index in [-0.39, 0.29) is 0 Å². The fourth-order valence-electron chi connectivity index (χ4n) is 2.94. The molecule has 0 bridgehead atoms. The first kappa shape index (κ1) is 14.6. The highest BCUT2D eigenvalue weighted by molar-refractivity contribution is 5.97. The summed E-state index contributed by atoms with van der Waals surface area (Å²) >= 11 is 0. The molecule has 0 atom stereocenters. The van der Waals surface area contributed by atoms with Gasteiger partial charge in [-0.05, 0) is 22.8 Å². The number of ether oxygens (including phenoxy) is 1. The third kappa shape index (κ3) is 2.11. The minimum atomic E-state index is -0.444. The highest BCUT2D eigenvalue weighted by atomic mass is 16.5. The molecule has 0 amide bonds. The summed E-state index contributed by atoms with van der Waals surface area (Å²) in [4.78, 5) is 15.8. The van der Waals surface area contributed by atoms with Crippen molar-refractivity contribution in [3.63, 3.8) is 0 Å². The topological polar surface area (TPSA) is 77.2 Å². The molecule has 0 spiro atoms. The first-order chi connectivity index (χ1) is 9.23. The van der Waals surface area contributed by atoms with Crippen LogP contribution in [-0.2, 0) is 4.74 Å². The Kier molecular flexibility index (Phi) is 3.40. The number of nitrogens with one attached hydrogen (secondary N) is 1. The average Bonchev–Trinajstić information content (AvgIpc) is 2.78. The van der Waals surface area contributed by atoms with E-state index in [0.29, 0.717) is 33.8 Å². The van der Waals surface area contributed by atoms with Gasteiger partial charge in [0, 0.05) is 12.7 Å². The number of rotatable bonds is 4. The van der Waals surface area contributed by atoms with Gasteiger partial charge in [0.15, 0.2) is 0 Å². The molecule has 5 nitrogen and oxygen atoms in total. The molecule has 0 unspecified atom stereocenters. The third-order valence-corrected chi connectivity index (χ3v) is 5.19. The second-order valence-electron chi connectivity index (χ2n) is 6.49. The number of anilines is 2. The van der Waals surface area contributed by atoms with Crippen LogP contribution in [0.3, 0.4) is 0 Å². The van der Waals surface area contributed by atoms with Gasteiger partial charge in [-0.15, -0.1) is 0 Å². The van der Waals surface area contributed by atoms with Crippen molar-refractivity contribution in [3.8, 4) is 0 Å². The number of hydrogen-bond donors (Lipinski definition) is 2. The maximum atomic E-state index is 11.6. The molecule has 1 heterocycles. The Morgan fingerprint density at radius 3 is 2.50 bits per heavy atom. The normalized spacial score (nSPS) is 19.4. The van der Waals surface area contributed by atoms with E-state index in [4.69, 9.17) is 10.5 Å².